The normalized spacial score (nSPS) is 16.0. The summed E-state index contributed by atoms with van der Waals surface area (Å²) in [6.45, 7) is -1.07. The van der Waals surface area contributed by atoms with Crippen molar-refractivity contribution in [2.75, 3.05) is 13.1 Å². The van der Waals surface area contributed by atoms with E-state index in [-0.39, 0.29) is 4.91 Å². The SMILES string of the molecule is O=C(O)CNC(=O)CN1C(=O)S/C(=C\c2ccc(Br)cc2)C1=O. The molecule has 0 atom stereocenters. The first-order valence-electron chi connectivity index (χ1n) is 6.36. The van der Waals surface area contributed by atoms with Gasteiger partial charge in [-0.3, -0.25) is 24.1 Å². The molecule has 0 unspecified atom stereocenters. The number of carbonyl (C=O) groups is 4. The van der Waals surface area contributed by atoms with Crippen LogP contribution in [0.1, 0.15) is 5.56 Å². The number of carboxylic acid groups (broad SMARTS) is 1. The third-order valence-corrected chi connectivity index (χ3v) is 4.22. The predicted octanol–water partition coefficient (Wildman–Crippen LogP) is 1.69. The van der Waals surface area contributed by atoms with Gasteiger partial charge in [0.1, 0.15) is 13.1 Å². The molecule has 7 nitrogen and oxygen atoms in total. The number of thioether (sulfide) groups is 1. The number of hydrogen-bond acceptors (Lipinski definition) is 5. The second kappa shape index (κ2) is 7.42. The molecule has 0 aliphatic carbocycles. The van der Waals surface area contributed by atoms with Crippen molar-refractivity contribution in [1.29, 1.82) is 0 Å². The van der Waals surface area contributed by atoms with Crippen molar-refractivity contribution in [3.63, 3.8) is 0 Å². The summed E-state index contributed by atoms with van der Waals surface area (Å²) in [6, 6.07) is 7.15. The van der Waals surface area contributed by atoms with Crippen molar-refractivity contribution in [1.82, 2.24) is 10.2 Å². The standard InChI is InChI=1S/C14H11BrN2O5S/c15-9-3-1-8(2-4-9)5-10-13(21)17(14(22)23-10)7-11(18)16-6-12(19)20/h1-5H,6-7H2,(H,16,18)(H,19,20)/b10-5-. The third-order valence-electron chi connectivity index (χ3n) is 2.78. The number of aliphatic carboxylic acids is 1. The number of carbonyl (C=O) groups excluding carboxylic acids is 3. The van der Waals surface area contributed by atoms with E-state index in [9.17, 15) is 19.2 Å². The molecule has 1 heterocycles. The minimum Gasteiger partial charge on any atom is -0.480 e. The molecule has 1 aliphatic rings. The molecule has 1 aromatic rings. The summed E-state index contributed by atoms with van der Waals surface area (Å²) in [5, 5.41) is 10.0. The van der Waals surface area contributed by atoms with Gasteiger partial charge in [0.2, 0.25) is 5.91 Å². The highest BCUT2D eigenvalue weighted by molar-refractivity contribution is 9.10. The second-order valence-electron chi connectivity index (χ2n) is 4.49. The van der Waals surface area contributed by atoms with Gasteiger partial charge in [-0.2, -0.15) is 0 Å². The molecule has 1 aliphatic heterocycles. The van der Waals surface area contributed by atoms with Crippen LogP contribution in [0.25, 0.3) is 6.08 Å². The molecule has 1 fully saturated rings. The fourth-order valence-corrected chi connectivity index (χ4v) is 2.82. The Kier molecular flexibility index (Phi) is 5.56. The van der Waals surface area contributed by atoms with Crippen LogP contribution in [0.4, 0.5) is 4.79 Å². The van der Waals surface area contributed by atoms with E-state index in [1.54, 1.807) is 30.3 Å². The van der Waals surface area contributed by atoms with Crippen LogP contribution in [-0.4, -0.2) is 46.1 Å². The lowest BCUT2D eigenvalue weighted by Gasteiger charge is -2.11. The lowest BCUT2D eigenvalue weighted by Crippen LogP contribution is -2.41. The maximum absolute atomic E-state index is 12.2. The molecule has 23 heavy (non-hydrogen) atoms. The van der Waals surface area contributed by atoms with Gasteiger partial charge in [0.25, 0.3) is 11.1 Å². The Labute approximate surface area is 143 Å². The van der Waals surface area contributed by atoms with Crippen molar-refractivity contribution >= 4 is 56.8 Å². The Morgan fingerprint density at radius 1 is 1.26 bits per heavy atom. The molecule has 0 aromatic heterocycles. The number of carboxylic acids is 1. The number of halogens is 1. The Morgan fingerprint density at radius 2 is 1.91 bits per heavy atom. The van der Waals surface area contributed by atoms with Crippen LogP contribution in [0.5, 0.6) is 0 Å². The molecule has 120 valence electrons. The van der Waals surface area contributed by atoms with Gasteiger partial charge in [0.05, 0.1) is 4.91 Å². The molecule has 2 rings (SSSR count). The van der Waals surface area contributed by atoms with Crippen LogP contribution in [-0.2, 0) is 14.4 Å². The van der Waals surface area contributed by atoms with Crippen LogP contribution < -0.4 is 5.32 Å². The van der Waals surface area contributed by atoms with Gasteiger partial charge in [-0.15, -0.1) is 0 Å². The van der Waals surface area contributed by atoms with E-state index in [2.05, 4.69) is 21.2 Å². The van der Waals surface area contributed by atoms with Crippen molar-refractivity contribution in [2.24, 2.45) is 0 Å². The van der Waals surface area contributed by atoms with Gasteiger partial charge in [-0.25, -0.2) is 0 Å². The molecule has 9 heteroatoms. The molecule has 0 radical (unpaired) electrons. The van der Waals surface area contributed by atoms with E-state index >= 15 is 0 Å². The first kappa shape index (κ1) is 17.2. The van der Waals surface area contributed by atoms with E-state index in [1.165, 1.54) is 0 Å². The Bertz CT molecular complexity index is 702. The van der Waals surface area contributed by atoms with E-state index in [0.717, 1.165) is 26.7 Å². The summed E-state index contributed by atoms with van der Waals surface area (Å²) < 4.78 is 0.887. The van der Waals surface area contributed by atoms with Gasteiger partial charge >= 0.3 is 5.97 Å². The highest BCUT2D eigenvalue weighted by Crippen LogP contribution is 2.32. The fraction of sp³-hybridized carbons (Fsp3) is 0.143. The fourth-order valence-electron chi connectivity index (χ4n) is 1.72. The van der Waals surface area contributed by atoms with Crippen LogP contribution in [0.15, 0.2) is 33.6 Å². The minimum atomic E-state index is -1.21. The molecular weight excluding hydrogens is 388 g/mol. The van der Waals surface area contributed by atoms with E-state index in [0.29, 0.717) is 0 Å². The molecular formula is C14H11BrN2O5S. The smallest absolute Gasteiger partial charge is 0.322 e. The zero-order chi connectivity index (χ0) is 17.0. The number of rotatable bonds is 5. The van der Waals surface area contributed by atoms with Crippen molar-refractivity contribution in [3.05, 3.63) is 39.2 Å². The molecule has 1 aromatic carbocycles. The van der Waals surface area contributed by atoms with Gasteiger partial charge in [0, 0.05) is 4.47 Å². The zero-order valence-corrected chi connectivity index (χ0v) is 14.0. The number of hydrogen-bond donors (Lipinski definition) is 2. The Morgan fingerprint density at radius 3 is 2.52 bits per heavy atom. The van der Waals surface area contributed by atoms with Crippen molar-refractivity contribution in [3.8, 4) is 0 Å². The maximum Gasteiger partial charge on any atom is 0.322 e. The average molecular weight is 399 g/mol. The molecule has 0 saturated carbocycles. The summed E-state index contributed by atoms with van der Waals surface area (Å²) >= 11 is 4.04. The monoisotopic (exact) mass is 398 g/mol. The summed E-state index contributed by atoms with van der Waals surface area (Å²) in [4.78, 5) is 46.9. The van der Waals surface area contributed by atoms with Crippen LogP contribution in [0.3, 0.4) is 0 Å². The predicted molar refractivity (Wildman–Crippen MR) is 87.5 cm³/mol. The number of nitrogens with zero attached hydrogens (tertiary/aromatic N) is 1. The highest BCUT2D eigenvalue weighted by atomic mass is 79.9. The van der Waals surface area contributed by atoms with E-state index < -0.39 is 36.1 Å². The average Bonchev–Trinajstić information content (AvgIpc) is 2.75. The Balaban J connectivity index is 2.06. The summed E-state index contributed by atoms with van der Waals surface area (Å²) in [5.41, 5.74) is 0.744. The Hall–Kier alpha value is -2.13. The first-order chi connectivity index (χ1) is 10.9. The largest absolute Gasteiger partial charge is 0.480 e. The molecule has 3 amide bonds. The van der Waals surface area contributed by atoms with Gasteiger partial charge in [0.15, 0.2) is 0 Å². The van der Waals surface area contributed by atoms with Crippen LogP contribution in [0.2, 0.25) is 0 Å². The number of imide groups is 1. The second-order valence-corrected chi connectivity index (χ2v) is 6.40. The molecule has 2 N–H and O–H groups in total. The van der Waals surface area contributed by atoms with Crippen LogP contribution >= 0.6 is 27.7 Å². The third kappa shape index (κ3) is 4.67. The van der Waals surface area contributed by atoms with E-state index in [4.69, 9.17) is 5.11 Å². The first-order valence-corrected chi connectivity index (χ1v) is 7.97. The van der Waals surface area contributed by atoms with Crippen LogP contribution in [0, 0.1) is 0 Å². The summed E-state index contributed by atoms with van der Waals surface area (Å²) in [7, 11) is 0. The highest BCUT2D eigenvalue weighted by Gasteiger charge is 2.36. The molecule has 0 bridgehead atoms. The molecule has 0 spiro atoms. The quantitative estimate of drug-likeness (QED) is 0.731. The van der Waals surface area contributed by atoms with E-state index in [1.807, 2.05) is 0 Å². The number of nitrogens with one attached hydrogen (secondary N) is 1. The lowest BCUT2D eigenvalue weighted by molar-refractivity contribution is -0.138. The van der Waals surface area contributed by atoms with Gasteiger partial charge in [-0.1, -0.05) is 28.1 Å². The van der Waals surface area contributed by atoms with Crippen molar-refractivity contribution in [2.45, 2.75) is 0 Å². The maximum atomic E-state index is 12.2. The summed E-state index contributed by atoms with van der Waals surface area (Å²) in [5.74, 6) is -2.49. The van der Waals surface area contributed by atoms with Gasteiger partial charge in [-0.05, 0) is 35.5 Å². The lowest BCUT2D eigenvalue weighted by atomic mass is 10.2. The zero-order valence-electron chi connectivity index (χ0n) is 11.6. The number of amides is 3. The molecule has 1 saturated heterocycles. The summed E-state index contributed by atoms with van der Waals surface area (Å²) in [6.07, 6.45) is 1.56. The number of benzene rings is 1. The van der Waals surface area contributed by atoms with Crippen molar-refractivity contribution < 1.29 is 24.3 Å². The van der Waals surface area contributed by atoms with Gasteiger partial charge < -0.3 is 10.4 Å². The minimum absolute atomic E-state index is 0.211. The topological polar surface area (TPSA) is 104 Å².